The van der Waals surface area contributed by atoms with Crippen molar-refractivity contribution in [3.8, 4) is 0 Å². The summed E-state index contributed by atoms with van der Waals surface area (Å²) in [5.74, 6) is -1.33. The fourth-order valence-electron chi connectivity index (χ4n) is 2.74. The Kier molecular flexibility index (Phi) is 2.93. The number of hydrogen-bond donors (Lipinski definition) is 2. The standard InChI is InChI=1S/C13H13F2N3O2/c14-9-1-2-10(15)8(5-9)6-18-4-3-13(7-18)11(19)16-12(20)17-13/h1-2,5H,3-4,6-7H2,(H2,16,17,19,20). The molecular formula is C13H13F2N3O2. The third kappa shape index (κ3) is 2.14. The van der Waals surface area contributed by atoms with Crippen molar-refractivity contribution in [3.05, 3.63) is 35.4 Å². The Hall–Kier alpha value is -2.02. The summed E-state index contributed by atoms with van der Waals surface area (Å²) in [6.07, 6.45) is 0.460. The van der Waals surface area contributed by atoms with Crippen molar-refractivity contribution in [1.82, 2.24) is 15.5 Å². The lowest BCUT2D eigenvalue weighted by Gasteiger charge is -2.21. The second-order valence-electron chi connectivity index (χ2n) is 5.19. The average molecular weight is 281 g/mol. The van der Waals surface area contributed by atoms with E-state index in [2.05, 4.69) is 10.6 Å². The highest BCUT2D eigenvalue weighted by Gasteiger charge is 2.50. The second-order valence-corrected chi connectivity index (χ2v) is 5.19. The smallest absolute Gasteiger partial charge is 0.322 e. The summed E-state index contributed by atoms with van der Waals surface area (Å²) in [6.45, 7) is 1.03. The van der Waals surface area contributed by atoms with Crippen molar-refractivity contribution in [3.63, 3.8) is 0 Å². The maximum absolute atomic E-state index is 13.6. The third-order valence-electron chi connectivity index (χ3n) is 3.76. The van der Waals surface area contributed by atoms with Gasteiger partial charge >= 0.3 is 6.03 Å². The van der Waals surface area contributed by atoms with Crippen LogP contribution in [0, 0.1) is 11.6 Å². The van der Waals surface area contributed by atoms with Crippen molar-refractivity contribution < 1.29 is 18.4 Å². The van der Waals surface area contributed by atoms with Gasteiger partial charge in [0.05, 0.1) is 0 Å². The van der Waals surface area contributed by atoms with Crippen LogP contribution in [0.3, 0.4) is 0 Å². The van der Waals surface area contributed by atoms with Crippen molar-refractivity contribution in [1.29, 1.82) is 0 Å². The maximum Gasteiger partial charge on any atom is 0.322 e. The molecule has 1 unspecified atom stereocenters. The fourth-order valence-corrected chi connectivity index (χ4v) is 2.74. The van der Waals surface area contributed by atoms with Gasteiger partial charge in [0.1, 0.15) is 17.2 Å². The van der Waals surface area contributed by atoms with E-state index in [0.717, 1.165) is 18.2 Å². The molecule has 5 nitrogen and oxygen atoms in total. The second kappa shape index (κ2) is 4.52. The monoisotopic (exact) mass is 281 g/mol. The number of hydrogen-bond acceptors (Lipinski definition) is 3. The highest BCUT2D eigenvalue weighted by molar-refractivity contribution is 6.07. The number of nitrogens with zero attached hydrogens (tertiary/aromatic N) is 1. The van der Waals surface area contributed by atoms with Crippen molar-refractivity contribution >= 4 is 11.9 Å². The Balaban J connectivity index is 1.73. The summed E-state index contributed by atoms with van der Waals surface area (Å²) < 4.78 is 26.7. The van der Waals surface area contributed by atoms with E-state index in [1.807, 2.05) is 4.90 Å². The zero-order valence-electron chi connectivity index (χ0n) is 10.6. The summed E-state index contributed by atoms with van der Waals surface area (Å²) in [6, 6.07) is 2.79. The Labute approximate surface area is 113 Å². The van der Waals surface area contributed by atoms with Crippen molar-refractivity contribution in [2.45, 2.75) is 18.5 Å². The van der Waals surface area contributed by atoms with Crippen LogP contribution in [0.4, 0.5) is 13.6 Å². The quantitative estimate of drug-likeness (QED) is 0.786. The predicted molar refractivity (Wildman–Crippen MR) is 65.7 cm³/mol. The molecule has 1 atom stereocenters. The van der Waals surface area contributed by atoms with Crippen molar-refractivity contribution in [2.75, 3.05) is 13.1 Å². The molecule has 7 heteroatoms. The molecule has 0 bridgehead atoms. The molecule has 106 valence electrons. The van der Waals surface area contributed by atoms with Crippen LogP contribution < -0.4 is 10.6 Å². The number of imide groups is 1. The minimum Gasteiger partial charge on any atom is -0.322 e. The molecular weight excluding hydrogens is 268 g/mol. The molecule has 0 aliphatic carbocycles. The topological polar surface area (TPSA) is 61.4 Å². The molecule has 3 amide bonds. The molecule has 0 saturated carbocycles. The number of urea groups is 1. The van der Waals surface area contributed by atoms with Crippen LogP contribution in [0.25, 0.3) is 0 Å². The van der Waals surface area contributed by atoms with Gasteiger partial charge in [-0.05, 0) is 24.6 Å². The van der Waals surface area contributed by atoms with E-state index in [1.165, 1.54) is 0 Å². The van der Waals surface area contributed by atoms with Crippen LogP contribution in [-0.4, -0.2) is 35.5 Å². The number of amides is 3. The van der Waals surface area contributed by atoms with Crippen molar-refractivity contribution in [2.24, 2.45) is 0 Å². The van der Waals surface area contributed by atoms with Gasteiger partial charge in [-0.3, -0.25) is 15.0 Å². The van der Waals surface area contributed by atoms with Gasteiger partial charge in [-0.2, -0.15) is 0 Å². The first-order valence-corrected chi connectivity index (χ1v) is 6.28. The van der Waals surface area contributed by atoms with Crippen LogP contribution >= 0.6 is 0 Å². The lowest BCUT2D eigenvalue weighted by molar-refractivity contribution is -0.123. The van der Waals surface area contributed by atoms with E-state index in [-0.39, 0.29) is 18.0 Å². The minimum absolute atomic E-state index is 0.203. The molecule has 2 aliphatic rings. The zero-order chi connectivity index (χ0) is 14.3. The summed E-state index contributed by atoms with van der Waals surface area (Å²) in [5, 5.41) is 4.82. The molecule has 3 rings (SSSR count). The minimum atomic E-state index is -0.930. The SMILES string of the molecule is O=C1NC(=O)C2(CCN(Cc3cc(F)ccc3F)C2)N1. The van der Waals surface area contributed by atoms with E-state index in [4.69, 9.17) is 0 Å². The maximum atomic E-state index is 13.6. The van der Waals surface area contributed by atoms with Gasteiger partial charge < -0.3 is 5.32 Å². The summed E-state index contributed by atoms with van der Waals surface area (Å²) in [4.78, 5) is 24.8. The van der Waals surface area contributed by atoms with E-state index in [1.54, 1.807) is 0 Å². The Morgan fingerprint density at radius 2 is 2.10 bits per heavy atom. The van der Waals surface area contributed by atoms with Crippen LogP contribution in [-0.2, 0) is 11.3 Å². The number of halogens is 2. The third-order valence-corrected chi connectivity index (χ3v) is 3.76. The van der Waals surface area contributed by atoms with Gasteiger partial charge in [-0.15, -0.1) is 0 Å². The first-order chi connectivity index (χ1) is 9.48. The first-order valence-electron chi connectivity index (χ1n) is 6.28. The summed E-state index contributed by atoms with van der Waals surface area (Å²) >= 11 is 0. The molecule has 2 saturated heterocycles. The predicted octanol–water partition coefficient (Wildman–Crippen LogP) is 0.749. The van der Waals surface area contributed by atoms with E-state index in [0.29, 0.717) is 19.5 Å². The summed E-state index contributed by atoms with van der Waals surface area (Å²) in [5.41, 5.74) is -0.687. The van der Waals surface area contributed by atoms with Gasteiger partial charge in [-0.1, -0.05) is 0 Å². The molecule has 1 aromatic rings. The van der Waals surface area contributed by atoms with Crippen LogP contribution in [0.15, 0.2) is 18.2 Å². The van der Waals surface area contributed by atoms with Gasteiger partial charge in [0.15, 0.2) is 0 Å². The van der Waals surface area contributed by atoms with Gasteiger partial charge in [0, 0.05) is 25.2 Å². The number of benzene rings is 1. The molecule has 2 heterocycles. The van der Waals surface area contributed by atoms with Crippen LogP contribution in [0.5, 0.6) is 0 Å². The molecule has 2 fully saturated rings. The molecule has 20 heavy (non-hydrogen) atoms. The normalized spacial score (nSPS) is 26.1. The van der Waals surface area contributed by atoms with Crippen LogP contribution in [0.1, 0.15) is 12.0 Å². The average Bonchev–Trinajstić information content (AvgIpc) is 2.89. The largest absolute Gasteiger partial charge is 0.322 e. The lowest BCUT2D eigenvalue weighted by atomic mass is 9.99. The number of nitrogens with one attached hydrogen (secondary N) is 2. The Morgan fingerprint density at radius 1 is 1.30 bits per heavy atom. The first kappa shape index (κ1) is 13.0. The zero-order valence-corrected chi connectivity index (χ0v) is 10.6. The summed E-state index contributed by atoms with van der Waals surface area (Å²) in [7, 11) is 0. The van der Waals surface area contributed by atoms with Gasteiger partial charge in [0.25, 0.3) is 5.91 Å². The highest BCUT2D eigenvalue weighted by atomic mass is 19.1. The van der Waals surface area contributed by atoms with Crippen LogP contribution in [0.2, 0.25) is 0 Å². The lowest BCUT2D eigenvalue weighted by Crippen LogP contribution is -2.48. The van der Waals surface area contributed by atoms with Gasteiger partial charge in [0.2, 0.25) is 0 Å². The molecule has 2 aliphatic heterocycles. The van der Waals surface area contributed by atoms with Gasteiger partial charge in [-0.25, -0.2) is 13.6 Å². The number of rotatable bonds is 2. The van der Waals surface area contributed by atoms with E-state index in [9.17, 15) is 18.4 Å². The molecule has 0 aromatic heterocycles. The molecule has 0 radical (unpaired) electrons. The van der Waals surface area contributed by atoms with E-state index >= 15 is 0 Å². The molecule has 1 aromatic carbocycles. The number of likely N-dealkylation sites (tertiary alicyclic amines) is 1. The Bertz CT molecular complexity index is 593. The number of carbonyl (C=O) groups excluding carboxylic acids is 2. The number of carbonyl (C=O) groups is 2. The highest BCUT2D eigenvalue weighted by Crippen LogP contribution is 2.26. The molecule has 1 spiro atoms. The molecule has 2 N–H and O–H groups in total. The Morgan fingerprint density at radius 3 is 2.80 bits per heavy atom. The fraction of sp³-hybridized carbons (Fsp3) is 0.385. The van der Waals surface area contributed by atoms with E-state index < -0.39 is 23.2 Å².